The lowest BCUT2D eigenvalue weighted by atomic mass is 10.2. The molecule has 1 aromatic heterocycles. The maximum Gasteiger partial charge on any atom is 0.260 e. The zero-order chi connectivity index (χ0) is 8.59. The van der Waals surface area contributed by atoms with Crippen LogP contribution >= 0.6 is 11.3 Å². The summed E-state index contributed by atoms with van der Waals surface area (Å²) >= 11 is 1.13. The number of thiophene rings is 1. The van der Waals surface area contributed by atoms with Crippen molar-refractivity contribution >= 4 is 27.9 Å². The smallest absolute Gasteiger partial charge is 0.260 e. The van der Waals surface area contributed by atoms with Gasteiger partial charge in [-0.25, -0.2) is 0 Å². The molecule has 0 saturated heterocycles. The quantitative estimate of drug-likeness (QED) is 0.567. The van der Waals surface area contributed by atoms with Crippen molar-refractivity contribution in [3.8, 4) is 0 Å². The second kappa shape index (κ2) is 2.43. The van der Waals surface area contributed by atoms with Crippen LogP contribution in [0.15, 0.2) is 0 Å². The average molecular weight is 171 g/mol. The summed E-state index contributed by atoms with van der Waals surface area (Å²) in [5.74, 6) is -0.521. The first kappa shape index (κ1) is 7.87. The maximum atomic E-state index is 10.7. The van der Waals surface area contributed by atoms with Gasteiger partial charge >= 0.3 is 0 Å². The number of carbonyl (C=O) groups is 1. The summed E-state index contributed by atoms with van der Waals surface area (Å²) in [6, 6.07) is 0. The van der Waals surface area contributed by atoms with E-state index in [1.54, 1.807) is 6.92 Å². The van der Waals surface area contributed by atoms with Gasteiger partial charge < -0.3 is 17.2 Å². The number of rotatable bonds is 1. The van der Waals surface area contributed by atoms with Crippen LogP contribution in [0, 0.1) is 6.92 Å². The first-order chi connectivity index (χ1) is 5.04. The van der Waals surface area contributed by atoms with Gasteiger partial charge in [-0.15, -0.1) is 11.3 Å². The molecule has 4 nitrogen and oxygen atoms in total. The summed E-state index contributed by atoms with van der Waals surface area (Å²) in [6.07, 6.45) is 0. The van der Waals surface area contributed by atoms with E-state index < -0.39 is 5.91 Å². The molecule has 5 heteroatoms. The molecule has 0 aliphatic rings. The van der Waals surface area contributed by atoms with Crippen molar-refractivity contribution in [2.45, 2.75) is 6.92 Å². The van der Waals surface area contributed by atoms with Gasteiger partial charge in [0, 0.05) is 5.56 Å². The predicted octanol–water partition coefficient (Wildman–Crippen LogP) is 0.320. The highest BCUT2D eigenvalue weighted by molar-refractivity contribution is 7.18. The second-order valence-corrected chi connectivity index (χ2v) is 3.25. The Bertz CT molecular complexity index is 305. The number of nitrogen functional groups attached to an aromatic ring is 2. The molecular formula is C6H9N3OS. The molecule has 0 aliphatic carbocycles. The molecular weight excluding hydrogens is 162 g/mol. The van der Waals surface area contributed by atoms with E-state index in [1.165, 1.54) is 0 Å². The van der Waals surface area contributed by atoms with Crippen LogP contribution in [0.4, 0.5) is 10.7 Å². The van der Waals surface area contributed by atoms with E-state index in [2.05, 4.69) is 0 Å². The van der Waals surface area contributed by atoms with Gasteiger partial charge in [0.15, 0.2) is 0 Å². The molecule has 0 fully saturated rings. The molecule has 0 saturated carbocycles. The Labute approximate surface area is 68.0 Å². The van der Waals surface area contributed by atoms with E-state index in [-0.39, 0.29) is 0 Å². The Hall–Kier alpha value is -1.23. The van der Waals surface area contributed by atoms with Crippen LogP contribution in [-0.2, 0) is 0 Å². The molecule has 0 aromatic carbocycles. The van der Waals surface area contributed by atoms with E-state index in [1.807, 2.05) is 0 Å². The summed E-state index contributed by atoms with van der Waals surface area (Å²) in [7, 11) is 0. The van der Waals surface area contributed by atoms with Gasteiger partial charge in [-0.05, 0) is 6.92 Å². The summed E-state index contributed by atoms with van der Waals surface area (Å²) < 4.78 is 0. The van der Waals surface area contributed by atoms with Crippen LogP contribution in [-0.4, -0.2) is 5.91 Å². The van der Waals surface area contributed by atoms with Crippen LogP contribution in [0.5, 0.6) is 0 Å². The van der Waals surface area contributed by atoms with Gasteiger partial charge in [0.25, 0.3) is 5.91 Å². The molecule has 1 amide bonds. The predicted molar refractivity (Wildman–Crippen MR) is 46.4 cm³/mol. The van der Waals surface area contributed by atoms with Crippen LogP contribution in [0.3, 0.4) is 0 Å². The topological polar surface area (TPSA) is 95.1 Å². The second-order valence-electron chi connectivity index (χ2n) is 2.20. The molecule has 0 radical (unpaired) electrons. The molecule has 1 heterocycles. The van der Waals surface area contributed by atoms with Crippen LogP contribution in [0.1, 0.15) is 15.2 Å². The maximum absolute atomic E-state index is 10.7. The number of nitrogens with two attached hydrogens (primary N) is 3. The van der Waals surface area contributed by atoms with Crippen molar-refractivity contribution in [1.29, 1.82) is 0 Å². The molecule has 1 rings (SSSR count). The molecule has 0 atom stereocenters. The third-order valence-electron chi connectivity index (χ3n) is 1.45. The molecule has 11 heavy (non-hydrogen) atoms. The zero-order valence-corrected chi connectivity index (χ0v) is 6.87. The van der Waals surface area contributed by atoms with Crippen molar-refractivity contribution in [1.82, 2.24) is 0 Å². The Morgan fingerprint density at radius 2 is 2.00 bits per heavy atom. The molecule has 1 aromatic rings. The van der Waals surface area contributed by atoms with Crippen molar-refractivity contribution in [3.05, 3.63) is 10.4 Å². The monoisotopic (exact) mass is 171 g/mol. The average Bonchev–Trinajstić information content (AvgIpc) is 2.17. The van der Waals surface area contributed by atoms with Crippen molar-refractivity contribution < 1.29 is 4.79 Å². The van der Waals surface area contributed by atoms with Crippen LogP contribution < -0.4 is 17.2 Å². The highest BCUT2D eigenvalue weighted by atomic mass is 32.1. The SMILES string of the molecule is Cc1c(N)sc(C(N)=O)c1N. The number of amides is 1. The fourth-order valence-corrected chi connectivity index (χ4v) is 1.57. The lowest BCUT2D eigenvalue weighted by Gasteiger charge is -1.91. The largest absolute Gasteiger partial charge is 0.397 e. The summed E-state index contributed by atoms with van der Waals surface area (Å²) in [5.41, 5.74) is 17.2. The molecule has 0 bridgehead atoms. The van der Waals surface area contributed by atoms with E-state index in [0.717, 1.165) is 16.9 Å². The Morgan fingerprint density at radius 1 is 1.45 bits per heavy atom. The first-order valence-corrected chi connectivity index (χ1v) is 3.79. The van der Waals surface area contributed by atoms with Crippen LogP contribution in [0.2, 0.25) is 0 Å². The minimum absolute atomic E-state index is 0.347. The fraction of sp³-hybridized carbons (Fsp3) is 0.167. The summed E-state index contributed by atoms with van der Waals surface area (Å²) in [6.45, 7) is 1.76. The van der Waals surface area contributed by atoms with E-state index in [0.29, 0.717) is 15.6 Å². The van der Waals surface area contributed by atoms with Crippen molar-refractivity contribution in [3.63, 3.8) is 0 Å². The van der Waals surface area contributed by atoms with Crippen molar-refractivity contribution in [2.75, 3.05) is 11.5 Å². The standard InChI is InChI=1S/C6H9N3OS/c1-2-3(7)4(5(8)10)11-6(2)9/h7,9H2,1H3,(H2,8,10). The lowest BCUT2D eigenvalue weighted by Crippen LogP contribution is -2.10. The molecule has 0 unspecified atom stereocenters. The highest BCUT2D eigenvalue weighted by Crippen LogP contribution is 2.31. The number of hydrogen-bond donors (Lipinski definition) is 3. The third kappa shape index (κ3) is 1.14. The normalized spacial score (nSPS) is 9.91. The first-order valence-electron chi connectivity index (χ1n) is 2.98. The van der Waals surface area contributed by atoms with Crippen molar-refractivity contribution in [2.24, 2.45) is 5.73 Å². The summed E-state index contributed by atoms with van der Waals surface area (Å²) in [5, 5.41) is 0.552. The number of anilines is 2. The van der Waals surface area contributed by atoms with Gasteiger partial charge in [-0.1, -0.05) is 0 Å². The van der Waals surface area contributed by atoms with Gasteiger partial charge in [0.05, 0.1) is 10.7 Å². The highest BCUT2D eigenvalue weighted by Gasteiger charge is 2.13. The van der Waals surface area contributed by atoms with Gasteiger partial charge in [0.1, 0.15) is 4.88 Å². The summed E-state index contributed by atoms with van der Waals surface area (Å²) in [4.78, 5) is 11.0. The molecule has 0 spiro atoms. The molecule has 0 aliphatic heterocycles. The fourth-order valence-electron chi connectivity index (χ4n) is 0.728. The molecule has 6 N–H and O–H groups in total. The Morgan fingerprint density at radius 3 is 2.18 bits per heavy atom. The van der Waals surface area contributed by atoms with Crippen LogP contribution in [0.25, 0.3) is 0 Å². The third-order valence-corrected chi connectivity index (χ3v) is 2.61. The lowest BCUT2D eigenvalue weighted by molar-refractivity contribution is 0.100. The number of hydrogen-bond acceptors (Lipinski definition) is 4. The number of primary amides is 1. The van der Waals surface area contributed by atoms with Gasteiger partial charge in [0.2, 0.25) is 0 Å². The van der Waals surface area contributed by atoms with E-state index in [4.69, 9.17) is 17.2 Å². The van der Waals surface area contributed by atoms with Gasteiger partial charge in [-0.3, -0.25) is 4.79 Å². The van der Waals surface area contributed by atoms with E-state index >= 15 is 0 Å². The minimum Gasteiger partial charge on any atom is -0.397 e. The zero-order valence-electron chi connectivity index (χ0n) is 6.05. The Kier molecular flexibility index (Phi) is 1.74. The minimum atomic E-state index is -0.521. The molecule has 60 valence electrons. The van der Waals surface area contributed by atoms with E-state index in [9.17, 15) is 4.79 Å². The Balaban J connectivity index is 3.29. The number of carbonyl (C=O) groups excluding carboxylic acids is 1. The van der Waals surface area contributed by atoms with Gasteiger partial charge in [-0.2, -0.15) is 0 Å².